The summed E-state index contributed by atoms with van der Waals surface area (Å²) in [7, 11) is -2.97. The molecule has 2 rings (SSSR count). The second kappa shape index (κ2) is 9.56. The number of aryl methyl sites for hydroxylation is 1. The van der Waals surface area contributed by atoms with E-state index in [2.05, 4.69) is 10.5 Å². The molecule has 11 heteroatoms. The van der Waals surface area contributed by atoms with Gasteiger partial charge in [-0.05, 0) is 13.8 Å². The van der Waals surface area contributed by atoms with E-state index in [1.807, 2.05) is 4.90 Å². The quantitative estimate of drug-likeness (QED) is 0.638. The van der Waals surface area contributed by atoms with Crippen molar-refractivity contribution in [3.8, 4) is 0 Å². The molecule has 0 saturated carbocycles. The van der Waals surface area contributed by atoms with Gasteiger partial charge in [-0.15, -0.1) is 11.8 Å². The van der Waals surface area contributed by atoms with Crippen molar-refractivity contribution in [3.63, 3.8) is 0 Å². The lowest BCUT2D eigenvalue weighted by Crippen LogP contribution is -2.50. The van der Waals surface area contributed by atoms with Crippen LogP contribution < -0.4 is 5.32 Å². The van der Waals surface area contributed by atoms with Gasteiger partial charge in [-0.1, -0.05) is 5.16 Å². The highest BCUT2D eigenvalue weighted by Crippen LogP contribution is 2.15. The van der Waals surface area contributed by atoms with Crippen LogP contribution in [0.5, 0.6) is 0 Å². The Bertz CT molecular complexity index is 757. The molecule has 0 radical (unpaired) electrons. The van der Waals surface area contributed by atoms with Crippen LogP contribution in [0.2, 0.25) is 0 Å². The SMILES string of the molecule is Cc1cc(NC(=O)C(C)SCC(=O)N2CCN(CCS(C)(=O)=O)CC2)no1. The summed E-state index contributed by atoms with van der Waals surface area (Å²) < 4.78 is 27.4. The van der Waals surface area contributed by atoms with E-state index in [0.717, 1.165) is 0 Å². The molecule has 1 aliphatic rings. The van der Waals surface area contributed by atoms with Gasteiger partial charge < -0.3 is 14.7 Å². The Hall–Kier alpha value is -1.59. The molecule has 1 unspecified atom stereocenters. The first-order chi connectivity index (χ1) is 12.6. The molecule has 1 saturated heterocycles. The lowest BCUT2D eigenvalue weighted by Gasteiger charge is -2.34. The monoisotopic (exact) mass is 418 g/mol. The zero-order valence-corrected chi connectivity index (χ0v) is 17.4. The third-order valence-corrected chi connectivity index (χ3v) is 6.26. The van der Waals surface area contributed by atoms with Crippen molar-refractivity contribution in [2.24, 2.45) is 0 Å². The number of hydrogen-bond donors (Lipinski definition) is 1. The molecule has 2 amide bonds. The number of anilines is 1. The highest BCUT2D eigenvalue weighted by molar-refractivity contribution is 8.01. The first-order valence-corrected chi connectivity index (χ1v) is 11.8. The third-order valence-electron chi connectivity index (χ3n) is 4.21. The molecule has 0 aliphatic carbocycles. The van der Waals surface area contributed by atoms with Gasteiger partial charge in [0.15, 0.2) is 5.82 Å². The van der Waals surface area contributed by atoms with Gasteiger partial charge in [-0.25, -0.2) is 8.42 Å². The molecule has 1 aliphatic heterocycles. The van der Waals surface area contributed by atoms with Crippen LogP contribution in [0.1, 0.15) is 12.7 Å². The molecule has 27 heavy (non-hydrogen) atoms. The maximum atomic E-state index is 12.3. The molecule has 1 fully saturated rings. The Balaban J connectivity index is 1.69. The summed E-state index contributed by atoms with van der Waals surface area (Å²) in [5.41, 5.74) is 0. The summed E-state index contributed by atoms with van der Waals surface area (Å²) >= 11 is 1.27. The predicted molar refractivity (Wildman–Crippen MR) is 105 cm³/mol. The van der Waals surface area contributed by atoms with Gasteiger partial charge in [0.25, 0.3) is 0 Å². The topological polar surface area (TPSA) is 113 Å². The van der Waals surface area contributed by atoms with Gasteiger partial charge in [0, 0.05) is 45.0 Å². The predicted octanol–water partition coefficient (Wildman–Crippen LogP) is 0.232. The number of amides is 2. The normalized spacial score (nSPS) is 16.9. The van der Waals surface area contributed by atoms with Gasteiger partial charge in [-0.3, -0.25) is 14.5 Å². The van der Waals surface area contributed by atoms with Gasteiger partial charge in [-0.2, -0.15) is 0 Å². The van der Waals surface area contributed by atoms with E-state index in [4.69, 9.17) is 4.52 Å². The second-order valence-corrected chi connectivity index (χ2v) is 10.2. The first-order valence-electron chi connectivity index (χ1n) is 8.67. The number of carbonyl (C=O) groups is 2. The van der Waals surface area contributed by atoms with Crippen molar-refractivity contribution in [3.05, 3.63) is 11.8 Å². The minimum atomic E-state index is -2.97. The lowest BCUT2D eigenvalue weighted by atomic mass is 10.3. The fraction of sp³-hybridized carbons (Fsp3) is 0.688. The Labute approximate surface area is 163 Å². The molecule has 1 atom stereocenters. The van der Waals surface area contributed by atoms with E-state index < -0.39 is 15.1 Å². The number of sulfone groups is 1. The van der Waals surface area contributed by atoms with Crippen molar-refractivity contribution in [2.75, 3.05) is 55.8 Å². The summed E-state index contributed by atoms with van der Waals surface area (Å²) in [4.78, 5) is 28.3. The van der Waals surface area contributed by atoms with Gasteiger partial charge in [0.1, 0.15) is 15.6 Å². The fourth-order valence-corrected chi connectivity index (χ4v) is 3.91. The maximum absolute atomic E-state index is 12.3. The molecule has 2 heterocycles. The summed E-state index contributed by atoms with van der Waals surface area (Å²) in [5.74, 6) is 1.08. The number of piperazine rings is 1. The molecular formula is C16H26N4O5S2. The smallest absolute Gasteiger partial charge is 0.238 e. The molecule has 1 aromatic rings. The summed E-state index contributed by atoms with van der Waals surface area (Å²) in [5, 5.41) is 5.96. The van der Waals surface area contributed by atoms with E-state index in [-0.39, 0.29) is 23.3 Å². The molecule has 0 aromatic carbocycles. The zero-order chi connectivity index (χ0) is 20.0. The van der Waals surface area contributed by atoms with Gasteiger partial charge >= 0.3 is 0 Å². The van der Waals surface area contributed by atoms with E-state index in [0.29, 0.717) is 44.3 Å². The Morgan fingerprint density at radius 3 is 2.56 bits per heavy atom. The van der Waals surface area contributed by atoms with Crippen molar-refractivity contribution >= 4 is 39.2 Å². The highest BCUT2D eigenvalue weighted by atomic mass is 32.2. The summed E-state index contributed by atoms with van der Waals surface area (Å²) in [6.45, 7) is 6.43. The van der Waals surface area contributed by atoms with Crippen molar-refractivity contribution < 1.29 is 22.5 Å². The molecule has 0 bridgehead atoms. The van der Waals surface area contributed by atoms with Crippen LogP contribution >= 0.6 is 11.8 Å². The largest absolute Gasteiger partial charge is 0.360 e. The first kappa shape index (κ1) is 21.7. The molecule has 9 nitrogen and oxygen atoms in total. The molecule has 1 aromatic heterocycles. The number of hydrogen-bond acceptors (Lipinski definition) is 8. The number of carbonyl (C=O) groups excluding carboxylic acids is 2. The average Bonchev–Trinajstić information content (AvgIpc) is 3.02. The second-order valence-electron chi connectivity index (χ2n) is 6.62. The van der Waals surface area contributed by atoms with Crippen LogP contribution in [0.15, 0.2) is 10.6 Å². The minimum absolute atomic E-state index is 0.0142. The van der Waals surface area contributed by atoms with E-state index >= 15 is 0 Å². The average molecular weight is 419 g/mol. The van der Waals surface area contributed by atoms with Crippen LogP contribution in [-0.4, -0.2) is 90.9 Å². The molecule has 0 spiro atoms. The third kappa shape index (κ3) is 7.51. The standard InChI is InChI=1S/C16H26N4O5S2/c1-12-10-14(18-25-12)17-16(22)13(2)26-11-15(21)20-6-4-19(5-7-20)8-9-27(3,23)24/h10,13H,4-9,11H2,1-3H3,(H,17,18,22). The van der Waals surface area contributed by atoms with Crippen LogP contribution in [0.25, 0.3) is 0 Å². The van der Waals surface area contributed by atoms with Crippen molar-refractivity contribution in [1.29, 1.82) is 0 Å². The summed E-state index contributed by atoms with van der Waals surface area (Å²) in [6.07, 6.45) is 1.23. The fourth-order valence-electron chi connectivity index (χ4n) is 2.53. The van der Waals surface area contributed by atoms with Crippen molar-refractivity contribution in [2.45, 2.75) is 19.1 Å². The van der Waals surface area contributed by atoms with E-state index in [1.165, 1.54) is 18.0 Å². The zero-order valence-electron chi connectivity index (χ0n) is 15.8. The Kier molecular flexibility index (Phi) is 7.68. The van der Waals surface area contributed by atoms with Gasteiger partial charge in [0.2, 0.25) is 11.8 Å². The Morgan fingerprint density at radius 1 is 1.33 bits per heavy atom. The van der Waals surface area contributed by atoms with E-state index in [9.17, 15) is 18.0 Å². The van der Waals surface area contributed by atoms with E-state index in [1.54, 1.807) is 24.8 Å². The number of nitrogens with zero attached hydrogens (tertiary/aromatic N) is 3. The van der Waals surface area contributed by atoms with Gasteiger partial charge in [0.05, 0.1) is 16.8 Å². The summed E-state index contributed by atoms with van der Waals surface area (Å²) in [6, 6.07) is 1.63. The lowest BCUT2D eigenvalue weighted by molar-refractivity contribution is -0.130. The molecule has 152 valence electrons. The van der Waals surface area contributed by atoms with Crippen molar-refractivity contribution in [1.82, 2.24) is 15.0 Å². The maximum Gasteiger partial charge on any atom is 0.238 e. The number of nitrogens with one attached hydrogen (secondary N) is 1. The van der Waals surface area contributed by atoms with Crippen LogP contribution in [0.4, 0.5) is 5.82 Å². The molecular weight excluding hydrogens is 392 g/mol. The van der Waals surface area contributed by atoms with Crippen LogP contribution in [0.3, 0.4) is 0 Å². The van der Waals surface area contributed by atoms with Crippen LogP contribution in [0, 0.1) is 6.92 Å². The highest BCUT2D eigenvalue weighted by Gasteiger charge is 2.23. The van der Waals surface area contributed by atoms with Crippen LogP contribution in [-0.2, 0) is 19.4 Å². The number of aromatic nitrogens is 1. The Morgan fingerprint density at radius 2 is 2.00 bits per heavy atom. The number of rotatable bonds is 8. The number of thioether (sulfide) groups is 1. The molecule has 1 N–H and O–H groups in total. The minimum Gasteiger partial charge on any atom is -0.360 e.